The fraction of sp³-hybridized carbons (Fsp3) is 0.429. The summed E-state index contributed by atoms with van der Waals surface area (Å²) in [5.41, 5.74) is 0.861. The van der Waals surface area contributed by atoms with Gasteiger partial charge in [0, 0.05) is 23.1 Å². The predicted octanol–water partition coefficient (Wildman–Crippen LogP) is 2.64. The van der Waals surface area contributed by atoms with Gasteiger partial charge in [-0.25, -0.2) is 12.7 Å². The summed E-state index contributed by atoms with van der Waals surface area (Å²) in [6.07, 6.45) is 2.88. The van der Waals surface area contributed by atoms with Crippen molar-refractivity contribution in [1.29, 1.82) is 0 Å². The van der Waals surface area contributed by atoms with Gasteiger partial charge in [-0.15, -0.1) is 0 Å². The van der Waals surface area contributed by atoms with Crippen molar-refractivity contribution in [2.24, 2.45) is 0 Å². The van der Waals surface area contributed by atoms with Crippen molar-refractivity contribution >= 4 is 26.0 Å². The van der Waals surface area contributed by atoms with E-state index in [1.807, 2.05) is 24.3 Å². The summed E-state index contributed by atoms with van der Waals surface area (Å²) in [5, 5.41) is 4.02. The van der Waals surface area contributed by atoms with Crippen molar-refractivity contribution in [3.63, 3.8) is 0 Å². The van der Waals surface area contributed by atoms with E-state index < -0.39 is 10.0 Å². The van der Waals surface area contributed by atoms with Gasteiger partial charge in [0.05, 0.1) is 12.2 Å². The van der Waals surface area contributed by atoms with E-state index in [9.17, 15) is 8.42 Å². The Morgan fingerprint density at radius 1 is 1.41 bits per heavy atom. The highest BCUT2D eigenvalue weighted by Gasteiger charge is 2.30. The Bertz CT molecular complexity index is 775. The van der Waals surface area contributed by atoms with Gasteiger partial charge in [0.15, 0.2) is 0 Å². The molecular formula is C14H16BrN3O3S. The van der Waals surface area contributed by atoms with Crippen molar-refractivity contribution in [3.05, 3.63) is 34.6 Å². The van der Waals surface area contributed by atoms with Gasteiger partial charge in [-0.05, 0) is 25.0 Å². The van der Waals surface area contributed by atoms with E-state index in [0.29, 0.717) is 24.8 Å². The quantitative estimate of drug-likeness (QED) is 0.811. The maximum atomic E-state index is 11.7. The number of hydrogen-bond donors (Lipinski definition) is 0. The van der Waals surface area contributed by atoms with Gasteiger partial charge in [-0.1, -0.05) is 33.2 Å². The van der Waals surface area contributed by atoms with E-state index in [1.54, 1.807) is 0 Å². The van der Waals surface area contributed by atoms with E-state index in [1.165, 1.54) is 10.6 Å². The number of aromatic nitrogens is 2. The largest absolute Gasteiger partial charge is 0.339 e. The molecule has 118 valence electrons. The summed E-state index contributed by atoms with van der Waals surface area (Å²) < 4.78 is 31.1. The lowest BCUT2D eigenvalue weighted by molar-refractivity contribution is 0.266. The molecular weight excluding hydrogens is 370 g/mol. The second-order valence-electron chi connectivity index (χ2n) is 5.43. The van der Waals surface area contributed by atoms with Gasteiger partial charge in [0.2, 0.25) is 21.7 Å². The zero-order valence-corrected chi connectivity index (χ0v) is 14.5. The molecule has 1 atom stereocenters. The molecule has 1 aromatic heterocycles. The van der Waals surface area contributed by atoms with Crippen molar-refractivity contribution in [2.45, 2.75) is 18.8 Å². The zero-order chi connectivity index (χ0) is 15.7. The first kappa shape index (κ1) is 15.6. The van der Waals surface area contributed by atoms with Crippen LogP contribution in [-0.2, 0) is 10.0 Å². The Morgan fingerprint density at radius 2 is 2.23 bits per heavy atom. The molecule has 8 heteroatoms. The number of piperidine rings is 1. The fourth-order valence-corrected chi connectivity index (χ4v) is 3.90. The van der Waals surface area contributed by atoms with Crippen molar-refractivity contribution in [3.8, 4) is 11.4 Å². The minimum absolute atomic E-state index is 0.0446. The van der Waals surface area contributed by atoms with Crippen LogP contribution in [0.5, 0.6) is 0 Å². The molecule has 0 bridgehead atoms. The highest BCUT2D eigenvalue weighted by atomic mass is 79.9. The molecule has 1 aliphatic rings. The summed E-state index contributed by atoms with van der Waals surface area (Å²) in [6, 6.07) is 7.65. The number of sulfonamides is 1. The van der Waals surface area contributed by atoms with Gasteiger partial charge in [0.25, 0.3) is 0 Å². The molecule has 0 radical (unpaired) electrons. The molecule has 2 heterocycles. The maximum absolute atomic E-state index is 11.7. The van der Waals surface area contributed by atoms with E-state index in [2.05, 4.69) is 26.1 Å². The first-order valence-electron chi connectivity index (χ1n) is 6.98. The van der Waals surface area contributed by atoms with Crippen LogP contribution < -0.4 is 0 Å². The number of nitrogens with zero attached hydrogens (tertiary/aromatic N) is 3. The second kappa shape index (κ2) is 6.10. The third kappa shape index (κ3) is 3.39. The van der Waals surface area contributed by atoms with Crippen molar-refractivity contribution in [2.75, 3.05) is 19.3 Å². The van der Waals surface area contributed by atoms with Gasteiger partial charge < -0.3 is 4.52 Å². The molecule has 0 spiro atoms. The topological polar surface area (TPSA) is 76.3 Å². The van der Waals surface area contributed by atoms with Gasteiger partial charge in [-0.3, -0.25) is 0 Å². The van der Waals surface area contributed by atoms with Crippen LogP contribution in [0.25, 0.3) is 11.4 Å². The lowest BCUT2D eigenvalue weighted by atomic mass is 10.00. The van der Waals surface area contributed by atoms with Crippen LogP contribution in [0.15, 0.2) is 33.3 Å². The van der Waals surface area contributed by atoms with Crippen LogP contribution in [0.3, 0.4) is 0 Å². The molecule has 1 saturated heterocycles. The average Bonchev–Trinajstić information content (AvgIpc) is 2.96. The molecule has 1 aromatic carbocycles. The van der Waals surface area contributed by atoms with Crippen molar-refractivity contribution in [1.82, 2.24) is 14.4 Å². The average molecular weight is 386 g/mol. The smallest absolute Gasteiger partial charge is 0.231 e. The SMILES string of the molecule is CS(=O)(=O)N1CCCC(c2nc(-c3cccc(Br)c3)no2)C1. The van der Waals surface area contributed by atoms with Gasteiger partial charge in [0.1, 0.15) is 0 Å². The molecule has 2 aromatic rings. The lowest BCUT2D eigenvalue weighted by Crippen LogP contribution is -2.38. The summed E-state index contributed by atoms with van der Waals surface area (Å²) in [5.74, 6) is 0.980. The Morgan fingerprint density at radius 3 is 2.95 bits per heavy atom. The first-order valence-corrected chi connectivity index (χ1v) is 9.62. The van der Waals surface area contributed by atoms with Crippen LogP contribution >= 0.6 is 15.9 Å². The second-order valence-corrected chi connectivity index (χ2v) is 8.32. The third-order valence-corrected chi connectivity index (χ3v) is 5.49. The Labute approximate surface area is 137 Å². The molecule has 0 saturated carbocycles. The minimum atomic E-state index is -3.18. The lowest BCUT2D eigenvalue weighted by Gasteiger charge is -2.28. The molecule has 0 aliphatic carbocycles. The summed E-state index contributed by atoms with van der Waals surface area (Å²) in [7, 11) is -3.18. The van der Waals surface area contributed by atoms with Crippen LogP contribution in [-0.4, -0.2) is 42.2 Å². The molecule has 0 amide bonds. The van der Waals surface area contributed by atoms with Crippen LogP contribution in [0.4, 0.5) is 0 Å². The van der Waals surface area contributed by atoms with Crippen LogP contribution in [0.2, 0.25) is 0 Å². The molecule has 1 aliphatic heterocycles. The first-order chi connectivity index (χ1) is 10.4. The molecule has 3 rings (SSSR count). The van der Waals surface area contributed by atoms with Crippen LogP contribution in [0, 0.1) is 0 Å². The van der Waals surface area contributed by atoms with Crippen molar-refractivity contribution < 1.29 is 12.9 Å². The Hall–Kier alpha value is -1.25. The molecule has 6 nitrogen and oxygen atoms in total. The zero-order valence-electron chi connectivity index (χ0n) is 12.1. The Kier molecular flexibility index (Phi) is 4.33. The van der Waals surface area contributed by atoms with E-state index in [4.69, 9.17) is 4.52 Å². The molecule has 1 fully saturated rings. The summed E-state index contributed by atoms with van der Waals surface area (Å²) in [4.78, 5) is 4.44. The number of benzene rings is 1. The molecule has 22 heavy (non-hydrogen) atoms. The number of halogens is 1. The van der Waals surface area contributed by atoms with E-state index >= 15 is 0 Å². The molecule has 1 unspecified atom stereocenters. The minimum Gasteiger partial charge on any atom is -0.339 e. The highest BCUT2D eigenvalue weighted by Crippen LogP contribution is 2.29. The maximum Gasteiger partial charge on any atom is 0.231 e. The number of rotatable bonds is 3. The van der Waals surface area contributed by atoms with Crippen LogP contribution in [0.1, 0.15) is 24.7 Å². The third-order valence-electron chi connectivity index (χ3n) is 3.73. The van der Waals surface area contributed by atoms with E-state index in [-0.39, 0.29) is 5.92 Å². The molecule has 0 N–H and O–H groups in total. The fourth-order valence-electron chi connectivity index (χ4n) is 2.59. The normalized spacial score (nSPS) is 20.2. The standard InChI is InChI=1S/C14H16BrN3O3S/c1-22(19,20)18-7-3-5-11(9-18)14-16-13(17-21-14)10-4-2-6-12(15)8-10/h2,4,6,8,11H,3,5,7,9H2,1H3. The summed E-state index contributed by atoms with van der Waals surface area (Å²) in [6.45, 7) is 0.959. The Balaban J connectivity index is 1.82. The van der Waals surface area contributed by atoms with Gasteiger partial charge >= 0.3 is 0 Å². The predicted molar refractivity (Wildman–Crippen MR) is 85.8 cm³/mol. The monoisotopic (exact) mass is 385 g/mol. The van der Waals surface area contributed by atoms with Gasteiger partial charge in [-0.2, -0.15) is 4.98 Å². The van der Waals surface area contributed by atoms with E-state index in [0.717, 1.165) is 22.9 Å². The summed E-state index contributed by atoms with van der Waals surface area (Å²) >= 11 is 3.41. The number of hydrogen-bond acceptors (Lipinski definition) is 5. The highest BCUT2D eigenvalue weighted by molar-refractivity contribution is 9.10.